The molecule has 0 spiro atoms. The van der Waals surface area contributed by atoms with E-state index in [4.69, 9.17) is 9.47 Å². The Morgan fingerprint density at radius 1 is 0.783 bits per heavy atom. The lowest BCUT2D eigenvalue weighted by Gasteiger charge is -2.37. The molecule has 23 heavy (non-hydrogen) atoms. The molecular weight excluding hydrogens is 305 g/mol. The summed E-state index contributed by atoms with van der Waals surface area (Å²) in [7, 11) is 0. The smallest absolute Gasteiger partial charge is 0.350 e. The van der Waals surface area contributed by atoms with Gasteiger partial charge < -0.3 is 9.47 Å². The molecule has 2 nitrogen and oxygen atoms in total. The van der Waals surface area contributed by atoms with E-state index in [2.05, 4.69) is 6.92 Å². The lowest BCUT2D eigenvalue weighted by Crippen LogP contribution is -2.41. The van der Waals surface area contributed by atoms with Crippen molar-refractivity contribution in [3.8, 4) is 0 Å². The minimum absolute atomic E-state index is 0.0644. The van der Waals surface area contributed by atoms with Gasteiger partial charge in [0.15, 0.2) is 5.79 Å². The molecule has 0 aromatic rings. The summed E-state index contributed by atoms with van der Waals surface area (Å²) in [5.41, 5.74) is 0. The SMILES string of the molecule is CCCCCCCCC(CCC(F)(F)F)C(C)(OCC)OCC. The van der Waals surface area contributed by atoms with Gasteiger partial charge in [-0.3, -0.25) is 0 Å². The van der Waals surface area contributed by atoms with E-state index in [1.807, 2.05) is 13.8 Å². The third-order valence-electron chi connectivity index (χ3n) is 4.29. The fourth-order valence-electron chi connectivity index (χ4n) is 3.03. The zero-order chi connectivity index (χ0) is 17.8. The predicted molar refractivity (Wildman–Crippen MR) is 88.4 cm³/mol. The number of hydrogen-bond acceptors (Lipinski definition) is 2. The second-order valence-electron chi connectivity index (χ2n) is 6.29. The molecular formula is C18H35F3O2. The first-order valence-electron chi connectivity index (χ1n) is 9.13. The van der Waals surface area contributed by atoms with Crippen LogP contribution in [0.15, 0.2) is 0 Å². The van der Waals surface area contributed by atoms with Crippen molar-refractivity contribution >= 4 is 0 Å². The van der Waals surface area contributed by atoms with Crippen LogP contribution in [0.4, 0.5) is 13.2 Å². The summed E-state index contributed by atoms with van der Waals surface area (Å²) in [5, 5.41) is 0. The molecule has 0 aromatic heterocycles. The molecule has 1 unspecified atom stereocenters. The van der Waals surface area contributed by atoms with Crippen LogP contribution >= 0.6 is 0 Å². The summed E-state index contributed by atoms with van der Waals surface area (Å²) >= 11 is 0. The molecule has 1 atom stereocenters. The summed E-state index contributed by atoms with van der Waals surface area (Å²) < 4.78 is 49.3. The maximum Gasteiger partial charge on any atom is 0.389 e. The van der Waals surface area contributed by atoms with Gasteiger partial charge in [0.05, 0.1) is 0 Å². The van der Waals surface area contributed by atoms with Crippen LogP contribution < -0.4 is 0 Å². The van der Waals surface area contributed by atoms with Crippen molar-refractivity contribution in [1.29, 1.82) is 0 Å². The zero-order valence-electron chi connectivity index (χ0n) is 15.3. The van der Waals surface area contributed by atoms with Gasteiger partial charge in [0.1, 0.15) is 0 Å². The quantitative estimate of drug-likeness (QED) is 0.266. The fraction of sp³-hybridized carbons (Fsp3) is 1.00. The lowest BCUT2D eigenvalue weighted by molar-refractivity contribution is -0.258. The van der Waals surface area contributed by atoms with Crippen molar-refractivity contribution in [1.82, 2.24) is 0 Å². The number of unbranched alkanes of at least 4 members (excludes halogenated alkanes) is 5. The van der Waals surface area contributed by atoms with E-state index in [0.717, 1.165) is 25.7 Å². The molecule has 0 aromatic carbocycles. The second-order valence-corrected chi connectivity index (χ2v) is 6.29. The highest BCUT2D eigenvalue weighted by Crippen LogP contribution is 2.35. The van der Waals surface area contributed by atoms with Crippen molar-refractivity contribution in [2.45, 2.75) is 97.4 Å². The number of alkyl halides is 3. The minimum atomic E-state index is -4.13. The molecule has 0 N–H and O–H groups in total. The molecule has 0 radical (unpaired) electrons. The van der Waals surface area contributed by atoms with Gasteiger partial charge in [0, 0.05) is 25.6 Å². The summed E-state index contributed by atoms with van der Waals surface area (Å²) in [6.07, 6.45) is 2.67. The lowest BCUT2D eigenvalue weighted by atomic mass is 9.88. The van der Waals surface area contributed by atoms with Crippen LogP contribution in [-0.4, -0.2) is 25.2 Å². The maximum atomic E-state index is 12.6. The van der Waals surface area contributed by atoms with E-state index in [-0.39, 0.29) is 12.3 Å². The average molecular weight is 340 g/mol. The van der Waals surface area contributed by atoms with Crippen molar-refractivity contribution in [3.63, 3.8) is 0 Å². The summed E-state index contributed by atoms with van der Waals surface area (Å²) in [5.74, 6) is -1.15. The van der Waals surface area contributed by atoms with Crippen LogP contribution in [0.2, 0.25) is 0 Å². The van der Waals surface area contributed by atoms with Crippen molar-refractivity contribution in [2.75, 3.05) is 13.2 Å². The van der Waals surface area contributed by atoms with E-state index in [1.165, 1.54) is 19.3 Å². The molecule has 0 aliphatic rings. The Balaban J connectivity index is 4.58. The third-order valence-corrected chi connectivity index (χ3v) is 4.29. The van der Waals surface area contributed by atoms with Gasteiger partial charge in [-0.15, -0.1) is 0 Å². The van der Waals surface area contributed by atoms with Gasteiger partial charge in [-0.05, 0) is 33.6 Å². The Bertz CT molecular complexity index is 274. The van der Waals surface area contributed by atoms with Gasteiger partial charge in [-0.2, -0.15) is 13.2 Å². The van der Waals surface area contributed by atoms with Crippen molar-refractivity contribution in [2.24, 2.45) is 5.92 Å². The molecule has 0 aliphatic carbocycles. The zero-order valence-corrected chi connectivity index (χ0v) is 15.3. The van der Waals surface area contributed by atoms with Gasteiger partial charge in [-0.1, -0.05) is 45.4 Å². The predicted octanol–water partition coefficient (Wildman–Crippen LogP) is 6.48. The van der Waals surface area contributed by atoms with Crippen molar-refractivity contribution in [3.05, 3.63) is 0 Å². The monoisotopic (exact) mass is 340 g/mol. The van der Waals surface area contributed by atoms with Gasteiger partial charge in [-0.25, -0.2) is 0 Å². The van der Waals surface area contributed by atoms with E-state index in [9.17, 15) is 13.2 Å². The average Bonchev–Trinajstić information content (AvgIpc) is 2.45. The van der Waals surface area contributed by atoms with Gasteiger partial charge in [0.25, 0.3) is 0 Å². The van der Waals surface area contributed by atoms with E-state index in [1.54, 1.807) is 6.92 Å². The first kappa shape index (κ1) is 22.7. The molecule has 0 rings (SSSR count). The summed E-state index contributed by atoms with van der Waals surface area (Å²) in [4.78, 5) is 0. The molecule has 140 valence electrons. The second kappa shape index (κ2) is 12.1. The molecule has 0 amide bonds. The van der Waals surface area contributed by atoms with Crippen LogP contribution in [-0.2, 0) is 9.47 Å². The van der Waals surface area contributed by atoms with E-state index < -0.39 is 18.4 Å². The maximum absolute atomic E-state index is 12.6. The number of hydrogen-bond donors (Lipinski definition) is 0. The highest BCUT2D eigenvalue weighted by molar-refractivity contribution is 4.77. The number of ether oxygens (including phenoxy) is 2. The fourth-order valence-corrected chi connectivity index (χ4v) is 3.03. The summed E-state index contributed by atoms with van der Waals surface area (Å²) in [6.45, 7) is 8.54. The van der Waals surface area contributed by atoms with Crippen LogP contribution in [0.1, 0.15) is 85.5 Å². The molecule has 0 saturated carbocycles. The highest BCUT2D eigenvalue weighted by atomic mass is 19.4. The van der Waals surface area contributed by atoms with Gasteiger partial charge >= 0.3 is 6.18 Å². The van der Waals surface area contributed by atoms with Crippen LogP contribution in [0.25, 0.3) is 0 Å². The Hall–Kier alpha value is -0.290. The topological polar surface area (TPSA) is 18.5 Å². The molecule has 5 heteroatoms. The molecule has 0 saturated heterocycles. The number of halogens is 3. The van der Waals surface area contributed by atoms with Crippen LogP contribution in [0.3, 0.4) is 0 Å². The molecule has 0 bridgehead atoms. The van der Waals surface area contributed by atoms with Crippen LogP contribution in [0.5, 0.6) is 0 Å². The van der Waals surface area contributed by atoms with E-state index in [0.29, 0.717) is 13.2 Å². The molecule has 0 fully saturated rings. The van der Waals surface area contributed by atoms with E-state index >= 15 is 0 Å². The van der Waals surface area contributed by atoms with Crippen molar-refractivity contribution < 1.29 is 22.6 Å². The Kier molecular flexibility index (Phi) is 12.0. The normalized spacial score (nSPS) is 14.2. The largest absolute Gasteiger partial charge is 0.389 e. The van der Waals surface area contributed by atoms with Gasteiger partial charge in [0.2, 0.25) is 0 Å². The third kappa shape index (κ3) is 11.0. The Morgan fingerprint density at radius 2 is 1.30 bits per heavy atom. The first-order chi connectivity index (χ1) is 10.8. The Morgan fingerprint density at radius 3 is 1.78 bits per heavy atom. The molecule has 0 aliphatic heterocycles. The van der Waals surface area contributed by atoms with Crippen LogP contribution in [0, 0.1) is 5.92 Å². The summed E-state index contributed by atoms with van der Waals surface area (Å²) in [6, 6.07) is 0. The first-order valence-corrected chi connectivity index (χ1v) is 9.13. The minimum Gasteiger partial charge on any atom is -0.350 e. The Labute approximate surface area is 140 Å². The molecule has 0 heterocycles. The standard InChI is InChI=1S/C18H35F3O2/c1-5-8-9-10-11-12-13-16(14-15-18(19,20)21)17(4,22-6-2)23-7-3/h16H,5-15H2,1-4H3. The number of rotatable bonds is 14. The highest BCUT2D eigenvalue weighted by Gasteiger charge is 2.38.